The normalized spacial score (nSPS) is 22.7. The molecule has 0 aromatic heterocycles. The Morgan fingerprint density at radius 2 is 2.21 bits per heavy atom. The lowest BCUT2D eigenvalue weighted by Gasteiger charge is -2.34. The summed E-state index contributed by atoms with van der Waals surface area (Å²) in [4.78, 5) is 0. The van der Waals surface area contributed by atoms with E-state index in [2.05, 4.69) is 12.2 Å². The molecule has 0 spiro atoms. The Bertz CT molecular complexity index is 430. The average molecular weight is 260 g/mol. The fourth-order valence-electron chi connectivity index (χ4n) is 2.21. The SMILES string of the molecule is CC1(NCc2ccc(OCC#N)cc2)CCCOC1. The van der Waals surface area contributed by atoms with Crippen LogP contribution in [0.5, 0.6) is 5.75 Å². The van der Waals surface area contributed by atoms with Crippen LogP contribution in [0.4, 0.5) is 0 Å². The third-order valence-electron chi connectivity index (χ3n) is 3.38. The van der Waals surface area contributed by atoms with Crippen molar-refractivity contribution in [3.63, 3.8) is 0 Å². The maximum Gasteiger partial charge on any atom is 0.174 e. The summed E-state index contributed by atoms with van der Waals surface area (Å²) in [5.74, 6) is 0.734. The van der Waals surface area contributed by atoms with Gasteiger partial charge in [-0.05, 0) is 37.5 Å². The van der Waals surface area contributed by atoms with E-state index in [9.17, 15) is 0 Å². The molecule has 1 unspecified atom stereocenters. The van der Waals surface area contributed by atoms with Crippen LogP contribution in [0, 0.1) is 11.3 Å². The van der Waals surface area contributed by atoms with Crippen molar-refractivity contribution in [3.8, 4) is 11.8 Å². The minimum atomic E-state index is 0.0776. The van der Waals surface area contributed by atoms with Gasteiger partial charge in [0.1, 0.15) is 11.8 Å². The lowest BCUT2D eigenvalue weighted by molar-refractivity contribution is 0.0278. The average Bonchev–Trinajstić information content (AvgIpc) is 2.45. The van der Waals surface area contributed by atoms with Crippen LogP contribution in [0.1, 0.15) is 25.3 Å². The van der Waals surface area contributed by atoms with Crippen LogP contribution in [-0.4, -0.2) is 25.4 Å². The second-order valence-electron chi connectivity index (χ2n) is 5.16. The molecule has 1 aromatic rings. The van der Waals surface area contributed by atoms with Gasteiger partial charge in [0.25, 0.3) is 0 Å². The fraction of sp³-hybridized carbons (Fsp3) is 0.533. The number of hydrogen-bond acceptors (Lipinski definition) is 4. The van der Waals surface area contributed by atoms with Gasteiger partial charge < -0.3 is 14.8 Å². The fourth-order valence-corrected chi connectivity index (χ4v) is 2.21. The highest BCUT2D eigenvalue weighted by Crippen LogP contribution is 2.19. The van der Waals surface area contributed by atoms with Gasteiger partial charge in [-0.3, -0.25) is 0 Å². The predicted molar refractivity (Wildman–Crippen MR) is 72.8 cm³/mol. The molecule has 1 fully saturated rings. The number of ether oxygens (including phenoxy) is 2. The zero-order valence-electron chi connectivity index (χ0n) is 11.3. The van der Waals surface area contributed by atoms with Crippen molar-refractivity contribution in [3.05, 3.63) is 29.8 Å². The van der Waals surface area contributed by atoms with E-state index in [1.807, 2.05) is 30.3 Å². The van der Waals surface area contributed by atoms with E-state index >= 15 is 0 Å². The first-order chi connectivity index (χ1) is 9.22. The molecule has 2 rings (SSSR count). The number of hydrogen-bond donors (Lipinski definition) is 1. The summed E-state index contributed by atoms with van der Waals surface area (Å²) in [7, 11) is 0. The van der Waals surface area contributed by atoms with E-state index in [1.54, 1.807) is 0 Å². The summed E-state index contributed by atoms with van der Waals surface area (Å²) in [6.07, 6.45) is 2.26. The van der Waals surface area contributed by atoms with Crippen LogP contribution in [0.2, 0.25) is 0 Å². The predicted octanol–water partition coefficient (Wildman–Crippen LogP) is 2.25. The lowest BCUT2D eigenvalue weighted by Crippen LogP contribution is -2.48. The van der Waals surface area contributed by atoms with Crippen LogP contribution in [0.25, 0.3) is 0 Å². The van der Waals surface area contributed by atoms with Crippen LogP contribution < -0.4 is 10.1 Å². The van der Waals surface area contributed by atoms with Gasteiger partial charge in [0, 0.05) is 18.7 Å². The Hall–Kier alpha value is -1.57. The largest absolute Gasteiger partial charge is 0.479 e. The summed E-state index contributed by atoms with van der Waals surface area (Å²) < 4.78 is 10.7. The molecule has 0 aliphatic carbocycles. The van der Waals surface area contributed by atoms with E-state index in [1.165, 1.54) is 5.56 Å². The molecular weight excluding hydrogens is 240 g/mol. The number of benzene rings is 1. The third-order valence-corrected chi connectivity index (χ3v) is 3.38. The van der Waals surface area contributed by atoms with Crippen molar-refractivity contribution in [2.24, 2.45) is 0 Å². The molecular formula is C15H20N2O2. The highest BCUT2D eigenvalue weighted by Gasteiger charge is 2.26. The van der Waals surface area contributed by atoms with Gasteiger partial charge in [-0.25, -0.2) is 0 Å². The lowest BCUT2D eigenvalue weighted by atomic mass is 9.94. The van der Waals surface area contributed by atoms with Crippen LogP contribution in [-0.2, 0) is 11.3 Å². The molecule has 1 aliphatic rings. The quantitative estimate of drug-likeness (QED) is 0.882. The molecule has 1 saturated heterocycles. The monoisotopic (exact) mass is 260 g/mol. The van der Waals surface area contributed by atoms with Gasteiger partial charge in [0.05, 0.1) is 6.61 Å². The molecule has 1 heterocycles. The van der Waals surface area contributed by atoms with E-state index in [0.717, 1.165) is 38.3 Å². The van der Waals surface area contributed by atoms with Gasteiger partial charge in [-0.1, -0.05) is 12.1 Å². The molecule has 19 heavy (non-hydrogen) atoms. The molecule has 0 amide bonds. The first kappa shape index (κ1) is 13.9. The summed E-state index contributed by atoms with van der Waals surface area (Å²) in [6, 6.07) is 9.79. The first-order valence-electron chi connectivity index (χ1n) is 6.63. The van der Waals surface area contributed by atoms with Gasteiger partial charge in [0.15, 0.2) is 6.61 Å². The van der Waals surface area contributed by atoms with Crippen molar-refractivity contribution < 1.29 is 9.47 Å². The zero-order chi connectivity index (χ0) is 13.6. The number of nitrogens with one attached hydrogen (secondary N) is 1. The van der Waals surface area contributed by atoms with Crippen LogP contribution in [0.15, 0.2) is 24.3 Å². The summed E-state index contributed by atoms with van der Waals surface area (Å²) >= 11 is 0. The molecule has 1 aliphatic heterocycles. The highest BCUT2D eigenvalue weighted by molar-refractivity contribution is 5.27. The van der Waals surface area contributed by atoms with Crippen LogP contribution in [0.3, 0.4) is 0 Å². The molecule has 1 aromatic carbocycles. The molecule has 0 radical (unpaired) electrons. The number of nitrogens with zero attached hydrogens (tertiary/aromatic N) is 1. The maximum atomic E-state index is 8.44. The maximum absolute atomic E-state index is 8.44. The zero-order valence-corrected chi connectivity index (χ0v) is 11.3. The van der Waals surface area contributed by atoms with Crippen LogP contribution >= 0.6 is 0 Å². The molecule has 0 saturated carbocycles. The summed E-state index contributed by atoms with van der Waals surface area (Å²) in [6.45, 7) is 4.76. The smallest absolute Gasteiger partial charge is 0.174 e. The Morgan fingerprint density at radius 1 is 1.42 bits per heavy atom. The second-order valence-corrected chi connectivity index (χ2v) is 5.16. The Balaban J connectivity index is 1.84. The van der Waals surface area contributed by atoms with Crippen molar-refractivity contribution in [2.75, 3.05) is 19.8 Å². The molecule has 1 N–H and O–H groups in total. The molecule has 102 valence electrons. The van der Waals surface area contributed by atoms with E-state index in [0.29, 0.717) is 0 Å². The first-order valence-corrected chi connectivity index (χ1v) is 6.63. The van der Waals surface area contributed by atoms with Gasteiger partial charge in [0.2, 0.25) is 0 Å². The Labute approximate surface area is 114 Å². The molecule has 4 nitrogen and oxygen atoms in total. The summed E-state index contributed by atoms with van der Waals surface area (Å²) in [5.41, 5.74) is 1.28. The van der Waals surface area contributed by atoms with E-state index in [4.69, 9.17) is 14.7 Å². The molecule has 4 heteroatoms. The molecule has 0 bridgehead atoms. The van der Waals surface area contributed by atoms with Crippen molar-refractivity contribution in [1.29, 1.82) is 5.26 Å². The minimum Gasteiger partial charge on any atom is -0.479 e. The third kappa shape index (κ3) is 4.23. The van der Waals surface area contributed by atoms with Crippen molar-refractivity contribution >= 4 is 0 Å². The van der Waals surface area contributed by atoms with E-state index < -0.39 is 0 Å². The van der Waals surface area contributed by atoms with E-state index in [-0.39, 0.29) is 12.1 Å². The standard InChI is InChI=1S/C15H20N2O2/c1-15(7-2-9-18-12-15)17-11-13-3-5-14(6-4-13)19-10-8-16/h3-6,17H,2,7,9-12H2,1H3. The van der Waals surface area contributed by atoms with Gasteiger partial charge >= 0.3 is 0 Å². The Morgan fingerprint density at radius 3 is 2.84 bits per heavy atom. The Kier molecular flexibility index (Phi) is 4.78. The van der Waals surface area contributed by atoms with Gasteiger partial charge in [-0.2, -0.15) is 5.26 Å². The van der Waals surface area contributed by atoms with Crippen molar-refractivity contribution in [1.82, 2.24) is 5.32 Å². The number of rotatable bonds is 5. The molecule has 1 atom stereocenters. The summed E-state index contributed by atoms with van der Waals surface area (Å²) in [5, 5.41) is 12.0. The number of nitriles is 1. The highest BCUT2D eigenvalue weighted by atomic mass is 16.5. The van der Waals surface area contributed by atoms with Crippen molar-refractivity contribution in [2.45, 2.75) is 31.8 Å². The van der Waals surface area contributed by atoms with Gasteiger partial charge in [-0.15, -0.1) is 0 Å². The minimum absolute atomic E-state index is 0.0776. The topological polar surface area (TPSA) is 54.3 Å². The second kappa shape index (κ2) is 6.55.